The van der Waals surface area contributed by atoms with E-state index in [2.05, 4.69) is 56.1 Å². The number of anilines is 1. The van der Waals surface area contributed by atoms with Gasteiger partial charge in [0.05, 0.1) is 23.6 Å². The summed E-state index contributed by atoms with van der Waals surface area (Å²) in [5.74, 6) is 0.823. The van der Waals surface area contributed by atoms with E-state index < -0.39 is 5.60 Å². The molecule has 0 bridgehead atoms. The molecule has 32 heavy (non-hydrogen) atoms. The number of carbonyl (C=O) groups is 1. The van der Waals surface area contributed by atoms with E-state index in [0.717, 1.165) is 53.8 Å². The van der Waals surface area contributed by atoms with Crippen LogP contribution < -0.4 is 5.32 Å². The number of imidazole rings is 1. The van der Waals surface area contributed by atoms with Gasteiger partial charge in [-0.1, -0.05) is 40.2 Å². The summed E-state index contributed by atoms with van der Waals surface area (Å²) in [5, 5.41) is 3.54. The van der Waals surface area contributed by atoms with Crippen molar-refractivity contribution in [3.8, 4) is 0 Å². The van der Waals surface area contributed by atoms with Crippen molar-refractivity contribution in [2.24, 2.45) is 0 Å². The lowest BCUT2D eigenvalue weighted by molar-refractivity contribution is 0.0114. The standard InChI is InChI=1S/C25H31BrN4O2/c1-25(2,3)32-24(31)29-15-7-6-8-20(29)16-27-23-28-21-9-4-5-10-22(21)30(23)17-18-11-13-19(26)14-12-18/h4-5,9-14,20H,6-8,15-17H2,1-3H3,(H,27,28)/t20-/m1/s1. The number of carbonyl (C=O) groups excluding carboxylic acids is 1. The first-order valence-electron chi connectivity index (χ1n) is 11.2. The first-order valence-corrected chi connectivity index (χ1v) is 12.0. The number of hydrogen-bond donors (Lipinski definition) is 1. The van der Waals surface area contributed by atoms with Crippen LogP contribution in [0, 0.1) is 0 Å². The summed E-state index contributed by atoms with van der Waals surface area (Å²) >= 11 is 3.51. The third-order valence-electron chi connectivity index (χ3n) is 5.66. The highest BCUT2D eigenvalue weighted by molar-refractivity contribution is 9.10. The van der Waals surface area contributed by atoms with E-state index in [1.165, 1.54) is 5.56 Å². The third-order valence-corrected chi connectivity index (χ3v) is 6.19. The SMILES string of the molecule is CC(C)(C)OC(=O)N1CCCC[C@@H]1CNc1nc2ccccc2n1Cc1ccc(Br)cc1. The maximum atomic E-state index is 12.8. The molecule has 7 heteroatoms. The van der Waals surface area contributed by atoms with Crippen LogP contribution in [-0.4, -0.2) is 45.3 Å². The van der Waals surface area contributed by atoms with Gasteiger partial charge in [0.15, 0.2) is 0 Å². The fraction of sp³-hybridized carbons (Fsp3) is 0.440. The second-order valence-electron chi connectivity index (χ2n) is 9.34. The average Bonchev–Trinajstić information content (AvgIpc) is 3.10. The number of nitrogens with zero attached hydrogens (tertiary/aromatic N) is 3. The van der Waals surface area contributed by atoms with Gasteiger partial charge < -0.3 is 19.5 Å². The van der Waals surface area contributed by atoms with E-state index in [-0.39, 0.29) is 12.1 Å². The van der Waals surface area contributed by atoms with Crippen LogP contribution in [0.3, 0.4) is 0 Å². The number of ether oxygens (including phenoxy) is 1. The van der Waals surface area contributed by atoms with Crippen molar-refractivity contribution in [3.05, 3.63) is 58.6 Å². The maximum Gasteiger partial charge on any atom is 0.410 e. The number of fused-ring (bicyclic) bond motifs is 1. The predicted molar refractivity (Wildman–Crippen MR) is 132 cm³/mol. The molecule has 2 aromatic carbocycles. The molecule has 1 aliphatic rings. The van der Waals surface area contributed by atoms with Gasteiger partial charge in [0.25, 0.3) is 0 Å². The van der Waals surface area contributed by atoms with E-state index in [1.54, 1.807) is 0 Å². The van der Waals surface area contributed by atoms with Gasteiger partial charge in [-0.3, -0.25) is 0 Å². The van der Waals surface area contributed by atoms with E-state index in [0.29, 0.717) is 6.54 Å². The van der Waals surface area contributed by atoms with Crippen LogP contribution in [0.25, 0.3) is 11.0 Å². The summed E-state index contributed by atoms with van der Waals surface area (Å²) in [4.78, 5) is 19.5. The van der Waals surface area contributed by atoms with Gasteiger partial charge >= 0.3 is 6.09 Å². The molecule has 0 saturated carbocycles. The fourth-order valence-electron chi connectivity index (χ4n) is 4.13. The van der Waals surface area contributed by atoms with Crippen molar-refractivity contribution < 1.29 is 9.53 Å². The monoisotopic (exact) mass is 498 g/mol. The van der Waals surface area contributed by atoms with Crippen LogP contribution in [0.4, 0.5) is 10.7 Å². The summed E-state index contributed by atoms with van der Waals surface area (Å²) in [6, 6.07) is 16.6. The number of amides is 1. The first-order chi connectivity index (χ1) is 15.3. The molecule has 0 spiro atoms. The van der Waals surface area contributed by atoms with Crippen molar-refractivity contribution in [1.29, 1.82) is 0 Å². The Balaban J connectivity index is 1.54. The highest BCUT2D eigenvalue weighted by atomic mass is 79.9. The van der Waals surface area contributed by atoms with Gasteiger partial charge in [-0.05, 0) is 69.9 Å². The largest absolute Gasteiger partial charge is 0.444 e. The molecule has 170 valence electrons. The van der Waals surface area contributed by atoms with Crippen LogP contribution in [0.2, 0.25) is 0 Å². The van der Waals surface area contributed by atoms with Gasteiger partial charge in [-0.15, -0.1) is 0 Å². The predicted octanol–water partition coefficient (Wildman–Crippen LogP) is 6.05. The van der Waals surface area contributed by atoms with E-state index in [4.69, 9.17) is 9.72 Å². The van der Waals surface area contributed by atoms with Crippen molar-refractivity contribution in [3.63, 3.8) is 0 Å². The van der Waals surface area contributed by atoms with Gasteiger partial charge in [0.2, 0.25) is 5.95 Å². The molecule has 1 saturated heterocycles. The molecule has 1 aromatic heterocycles. The smallest absolute Gasteiger partial charge is 0.410 e. The number of halogens is 1. The zero-order valence-electron chi connectivity index (χ0n) is 19.0. The number of nitrogens with one attached hydrogen (secondary N) is 1. The second kappa shape index (κ2) is 9.53. The fourth-order valence-corrected chi connectivity index (χ4v) is 4.39. The summed E-state index contributed by atoms with van der Waals surface area (Å²) in [7, 11) is 0. The molecule has 0 unspecified atom stereocenters. The minimum atomic E-state index is -0.495. The minimum absolute atomic E-state index is 0.0829. The average molecular weight is 499 g/mol. The Morgan fingerprint density at radius 3 is 2.66 bits per heavy atom. The van der Waals surface area contributed by atoms with Crippen LogP contribution in [0.15, 0.2) is 53.0 Å². The second-order valence-corrected chi connectivity index (χ2v) is 10.3. The van der Waals surface area contributed by atoms with E-state index in [9.17, 15) is 4.79 Å². The van der Waals surface area contributed by atoms with Gasteiger partial charge in [0.1, 0.15) is 5.60 Å². The van der Waals surface area contributed by atoms with Crippen LogP contribution in [-0.2, 0) is 11.3 Å². The Morgan fingerprint density at radius 2 is 1.91 bits per heavy atom. The summed E-state index contributed by atoms with van der Waals surface area (Å²) in [6.45, 7) is 7.82. The van der Waals surface area contributed by atoms with Crippen molar-refractivity contribution in [1.82, 2.24) is 14.5 Å². The third kappa shape index (κ3) is 5.44. The zero-order chi connectivity index (χ0) is 22.7. The lowest BCUT2D eigenvalue weighted by Crippen LogP contribution is -2.49. The molecule has 2 heterocycles. The molecule has 1 aliphatic heterocycles. The highest BCUT2D eigenvalue weighted by Gasteiger charge is 2.30. The Kier molecular flexibility index (Phi) is 6.74. The topological polar surface area (TPSA) is 59.4 Å². The summed E-state index contributed by atoms with van der Waals surface area (Å²) in [5.41, 5.74) is 2.75. The molecule has 4 rings (SSSR count). The van der Waals surface area contributed by atoms with Crippen LogP contribution >= 0.6 is 15.9 Å². The number of likely N-dealkylation sites (tertiary alicyclic amines) is 1. The molecule has 1 atom stereocenters. The quantitative estimate of drug-likeness (QED) is 0.465. The Bertz CT molecular complexity index is 1070. The van der Waals surface area contributed by atoms with Gasteiger partial charge in [-0.2, -0.15) is 0 Å². The molecule has 3 aromatic rings. The van der Waals surface area contributed by atoms with E-state index in [1.807, 2.05) is 43.9 Å². The summed E-state index contributed by atoms with van der Waals surface area (Å²) < 4.78 is 8.93. The van der Waals surface area contributed by atoms with Crippen molar-refractivity contribution >= 4 is 39.0 Å². The number of para-hydroxylation sites is 2. The molecule has 1 fully saturated rings. The Labute approximate surface area is 198 Å². The summed E-state index contributed by atoms with van der Waals surface area (Å²) in [6.07, 6.45) is 2.85. The van der Waals surface area contributed by atoms with Crippen molar-refractivity contribution in [2.45, 2.75) is 58.2 Å². The molecule has 1 amide bonds. The first kappa shape index (κ1) is 22.6. The zero-order valence-corrected chi connectivity index (χ0v) is 20.6. The normalized spacial score (nSPS) is 16.9. The lowest BCUT2D eigenvalue weighted by atomic mass is 10.0. The molecular formula is C25H31BrN4O2. The van der Waals surface area contributed by atoms with Crippen LogP contribution in [0.1, 0.15) is 45.6 Å². The highest BCUT2D eigenvalue weighted by Crippen LogP contribution is 2.24. The van der Waals surface area contributed by atoms with E-state index >= 15 is 0 Å². The molecular weight excluding hydrogens is 468 g/mol. The van der Waals surface area contributed by atoms with Crippen molar-refractivity contribution in [2.75, 3.05) is 18.4 Å². The van der Waals surface area contributed by atoms with Gasteiger partial charge in [-0.25, -0.2) is 9.78 Å². The Hall–Kier alpha value is -2.54. The molecule has 0 aliphatic carbocycles. The Morgan fingerprint density at radius 1 is 1.16 bits per heavy atom. The maximum absolute atomic E-state index is 12.8. The number of benzene rings is 2. The molecule has 6 nitrogen and oxygen atoms in total. The number of aromatic nitrogens is 2. The number of rotatable bonds is 5. The minimum Gasteiger partial charge on any atom is -0.444 e. The number of hydrogen-bond acceptors (Lipinski definition) is 4. The lowest BCUT2D eigenvalue weighted by Gasteiger charge is -2.36. The molecule has 1 N–H and O–H groups in total. The molecule has 0 radical (unpaired) electrons. The van der Waals surface area contributed by atoms with Crippen LogP contribution in [0.5, 0.6) is 0 Å². The number of piperidine rings is 1. The van der Waals surface area contributed by atoms with Gasteiger partial charge in [0, 0.05) is 17.6 Å².